The van der Waals surface area contributed by atoms with Gasteiger partial charge in [0.2, 0.25) is 0 Å². The average Bonchev–Trinajstić information content (AvgIpc) is 2.34. The lowest BCUT2D eigenvalue weighted by Gasteiger charge is -2.38. The van der Waals surface area contributed by atoms with Crippen molar-refractivity contribution in [3.8, 4) is 0 Å². The molecule has 6 heteroatoms. The molecule has 1 aromatic rings. The SMILES string of the molecule is CCCN(C(=O)c1cc(C)cc([N+](=O)[O-])c1)C1CNC1. The van der Waals surface area contributed by atoms with Crippen molar-refractivity contribution >= 4 is 11.6 Å². The van der Waals surface area contributed by atoms with Crippen LogP contribution in [-0.4, -0.2) is 41.4 Å². The van der Waals surface area contributed by atoms with Crippen molar-refractivity contribution in [1.29, 1.82) is 0 Å². The van der Waals surface area contributed by atoms with Crippen molar-refractivity contribution in [2.75, 3.05) is 19.6 Å². The number of nitrogens with one attached hydrogen (secondary N) is 1. The van der Waals surface area contributed by atoms with Crippen molar-refractivity contribution in [1.82, 2.24) is 10.2 Å². The minimum atomic E-state index is -0.459. The number of nitro benzene ring substituents is 1. The summed E-state index contributed by atoms with van der Waals surface area (Å²) >= 11 is 0. The van der Waals surface area contributed by atoms with E-state index in [1.165, 1.54) is 12.1 Å². The Morgan fingerprint density at radius 3 is 2.65 bits per heavy atom. The third kappa shape index (κ3) is 2.96. The van der Waals surface area contributed by atoms with Crippen LogP contribution in [0.1, 0.15) is 29.3 Å². The predicted molar refractivity (Wildman–Crippen MR) is 75.8 cm³/mol. The first-order chi connectivity index (χ1) is 9.52. The third-order valence-corrected chi connectivity index (χ3v) is 3.45. The number of carbonyl (C=O) groups excluding carboxylic acids is 1. The lowest BCUT2D eigenvalue weighted by molar-refractivity contribution is -0.384. The number of hydrogen-bond donors (Lipinski definition) is 1. The first-order valence-corrected chi connectivity index (χ1v) is 6.80. The number of benzene rings is 1. The molecule has 20 heavy (non-hydrogen) atoms. The predicted octanol–water partition coefficient (Wildman–Crippen LogP) is 1.73. The van der Waals surface area contributed by atoms with Crippen molar-refractivity contribution in [3.05, 3.63) is 39.4 Å². The minimum absolute atomic E-state index is 0.0310. The number of hydrogen-bond acceptors (Lipinski definition) is 4. The summed E-state index contributed by atoms with van der Waals surface area (Å²) in [6.45, 7) is 6.04. The highest BCUT2D eigenvalue weighted by atomic mass is 16.6. The number of carbonyl (C=O) groups is 1. The fraction of sp³-hybridized carbons (Fsp3) is 0.500. The molecule has 0 radical (unpaired) electrons. The topological polar surface area (TPSA) is 75.5 Å². The maximum atomic E-state index is 12.6. The number of nitrogens with zero attached hydrogens (tertiary/aromatic N) is 2. The number of non-ortho nitro benzene ring substituents is 1. The molecule has 1 fully saturated rings. The Morgan fingerprint density at radius 1 is 1.45 bits per heavy atom. The first-order valence-electron chi connectivity index (χ1n) is 6.80. The summed E-state index contributed by atoms with van der Waals surface area (Å²) in [5, 5.41) is 14.0. The molecule has 2 rings (SSSR count). The summed E-state index contributed by atoms with van der Waals surface area (Å²) in [5.41, 5.74) is 1.10. The number of rotatable bonds is 5. The molecule has 1 amide bonds. The van der Waals surface area contributed by atoms with E-state index in [0.29, 0.717) is 12.1 Å². The quantitative estimate of drug-likeness (QED) is 0.657. The van der Waals surface area contributed by atoms with E-state index in [1.807, 2.05) is 11.8 Å². The molecule has 108 valence electrons. The maximum absolute atomic E-state index is 12.6. The van der Waals surface area contributed by atoms with E-state index in [9.17, 15) is 14.9 Å². The van der Waals surface area contributed by atoms with E-state index in [-0.39, 0.29) is 17.6 Å². The molecule has 1 aromatic carbocycles. The molecule has 0 saturated carbocycles. The molecule has 0 bridgehead atoms. The molecule has 1 saturated heterocycles. The van der Waals surface area contributed by atoms with Crippen LogP contribution in [-0.2, 0) is 0 Å². The summed E-state index contributed by atoms with van der Waals surface area (Å²) in [6, 6.07) is 4.75. The zero-order valence-corrected chi connectivity index (χ0v) is 11.8. The van der Waals surface area contributed by atoms with E-state index in [2.05, 4.69) is 5.32 Å². The van der Waals surface area contributed by atoms with Crippen LogP contribution in [0, 0.1) is 17.0 Å². The Hall–Kier alpha value is -1.95. The monoisotopic (exact) mass is 277 g/mol. The molecular formula is C14H19N3O3. The van der Waals surface area contributed by atoms with Crippen molar-refractivity contribution in [2.24, 2.45) is 0 Å². The molecule has 1 aliphatic heterocycles. The van der Waals surface area contributed by atoms with E-state index in [0.717, 1.165) is 25.1 Å². The molecule has 0 unspecified atom stereocenters. The van der Waals surface area contributed by atoms with Crippen LogP contribution in [0.2, 0.25) is 0 Å². The zero-order valence-electron chi connectivity index (χ0n) is 11.8. The van der Waals surface area contributed by atoms with Crippen LogP contribution in [0.3, 0.4) is 0 Å². The Balaban J connectivity index is 2.28. The zero-order chi connectivity index (χ0) is 14.7. The second-order valence-corrected chi connectivity index (χ2v) is 5.12. The van der Waals surface area contributed by atoms with Gasteiger partial charge in [0.05, 0.1) is 11.0 Å². The Morgan fingerprint density at radius 2 is 2.15 bits per heavy atom. The van der Waals surface area contributed by atoms with Crippen LogP contribution in [0.25, 0.3) is 0 Å². The lowest BCUT2D eigenvalue weighted by Crippen LogP contribution is -2.59. The molecule has 0 spiro atoms. The van der Waals surface area contributed by atoms with Crippen LogP contribution >= 0.6 is 0 Å². The van der Waals surface area contributed by atoms with Crippen LogP contribution in [0.5, 0.6) is 0 Å². The van der Waals surface area contributed by atoms with E-state index in [4.69, 9.17) is 0 Å². The summed E-state index contributed by atoms with van der Waals surface area (Å²) in [4.78, 5) is 24.8. The van der Waals surface area contributed by atoms with Crippen molar-refractivity contribution < 1.29 is 9.72 Å². The first kappa shape index (κ1) is 14.5. The van der Waals surface area contributed by atoms with Gasteiger partial charge in [-0.1, -0.05) is 6.92 Å². The van der Waals surface area contributed by atoms with Crippen molar-refractivity contribution in [2.45, 2.75) is 26.3 Å². The molecule has 6 nitrogen and oxygen atoms in total. The Labute approximate surface area is 117 Å². The third-order valence-electron chi connectivity index (χ3n) is 3.45. The highest BCUT2D eigenvalue weighted by molar-refractivity contribution is 5.95. The molecular weight excluding hydrogens is 258 g/mol. The summed E-state index contributed by atoms with van der Waals surface area (Å²) in [5.74, 6) is -0.120. The van der Waals surface area contributed by atoms with Crippen molar-refractivity contribution in [3.63, 3.8) is 0 Å². The van der Waals surface area contributed by atoms with Gasteiger partial charge in [0, 0.05) is 37.3 Å². The van der Waals surface area contributed by atoms with E-state index < -0.39 is 4.92 Å². The maximum Gasteiger partial charge on any atom is 0.270 e. The largest absolute Gasteiger partial charge is 0.333 e. The molecule has 1 heterocycles. The summed E-state index contributed by atoms with van der Waals surface area (Å²) in [6.07, 6.45) is 0.871. The van der Waals surface area contributed by atoms with E-state index >= 15 is 0 Å². The fourth-order valence-corrected chi connectivity index (χ4v) is 2.34. The molecule has 0 aliphatic carbocycles. The van der Waals surface area contributed by atoms with Gasteiger partial charge in [-0.05, 0) is 25.0 Å². The average molecular weight is 277 g/mol. The fourth-order valence-electron chi connectivity index (χ4n) is 2.34. The second kappa shape index (κ2) is 6.00. The number of amides is 1. The standard InChI is InChI=1S/C14H19N3O3/c1-3-4-16(13-8-15-9-13)14(18)11-5-10(2)6-12(7-11)17(19)20/h5-7,13,15H,3-4,8-9H2,1-2H3. The molecule has 0 aromatic heterocycles. The highest BCUT2D eigenvalue weighted by Gasteiger charge is 2.29. The molecule has 1 N–H and O–H groups in total. The number of aryl methyl sites for hydroxylation is 1. The van der Waals surface area contributed by atoms with Gasteiger partial charge in [-0.3, -0.25) is 14.9 Å². The van der Waals surface area contributed by atoms with Gasteiger partial charge < -0.3 is 10.2 Å². The molecule has 1 aliphatic rings. The molecule has 0 atom stereocenters. The summed E-state index contributed by atoms with van der Waals surface area (Å²) < 4.78 is 0. The van der Waals surface area contributed by atoms with Gasteiger partial charge in [0.1, 0.15) is 0 Å². The highest BCUT2D eigenvalue weighted by Crippen LogP contribution is 2.20. The number of nitro groups is 1. The van der Waals surface area contributed by atoms with Gasteiger partial charge in [0.25, 0.3) is 11.6 Å². The van der Waals surface area contributed by atoms with Crippen LogP contribution < -0.4 is 5.32 Å². The van der Waals surface area contributed by atoms with Crippen LogP contribution in [0.15, 0.2) is 18.2 Å². The Kier molecular flexibility index (Phi) is 4.34. The van der Waals surface area contributed by atoms with Gasteiger partial charge in [-0.25, -0.2) is 0 Å². The minimum Gasteiger partial charge on any atom is -0.333 e. The van der Waals surface area contributed by atoms with Gasteiger partial charge in [0.15, 0.2) is 0 Å². The summed E-state index contributed by atoms with van der Waals surface area (Å²) in [7, 11) is 0. The van der Waals surface area contributed by atoms with Gasteiger partial charge in [-0.15, -0.1) is 0 Å². The van der Waals surface area contributed by atoms with E-state index in [1.54, 1.807) is 13.0 Å². The van der Waals surface area contributed by atoms with Crippen LogP contribution in [0.4, 0.5) is 5.69 Å². The lowest BCUT2D eigenvalue weighted by atomic mass is 10.1. The normalized spacial score (nSPS) is 14.7. The smallest absolute Gasteiger partial charge is 0.270 e. The van der Waals surface area contributed by atoms with Gasteiger partial charge in [-0.2, -0.15) is 0 Å². The second-order valence-electron chi connectivity index (χ2n) is 5.12. The van der Waals surface area contributed by atoms with Gasteiger partial charge >= 0.3 is 0 Å². The Bertz CT molecular complexity index is 526.